The van der Waals surface area contributed by atoms with Crippen LogP contribution >= 0.6 is 0 Å². The van der Waals surface area contributed by atoms with Crippen molar-refractivity contribution in [2.75, 3.05) is 0 Å². The monoisotopic (exact) mass is 221 g/mol. The minimum absolute atomic E-state index is 0.00259. The number of hydrogen-bond acceptors (Lipinski definition) is 2. The maximum atomic E-state index is 6.39. The highest BCUT2D eigenvalue weighted by Gasteiger charge is 2.53. The molecule has 1 aromatic heterocycles. The molecule has 90 valence electrons. The van der Waals surface area contributed by atoms with E-state index in [1.165, 1.54) is 11.3 Å². The predicted molar refractivity (Wildman–Crippen MR) is 66.5 cm³/mol. The minimum Gasteiger partial charge on any atom is -0.324 e. The lowest BCUT2D eigenvalue weighted by atomic mass is 9.72. The first-order valence-corrected chi connectivity index (χ1v) is 6.02. The van der Waals surface area contributed by atoms with Crippen molar-refractivity contribution < 1.29 is 0 Å². The summed E-state index contributed by atoms with van der Waals surface area (Å²) in [5.74, 6) is 0. The quantitative estimate of drug-likeness (QED) is 0.806. The molecule has 3 N–H and O–H groups in total. The van der Waals surface area contributed by atoms with Crippen molar-refractivity contribution in [3.05, 3.63) is 17.5 Å². The second kappa shape index (κ2) is 3.10. The molecule has 0 bridgehead atoms. The van der Waals surface area contributed by atoms with E-state index in [1.54, 1.807) is 0 Å². The van der Waals surface area contributed by atoms with Gasteiger partial charge in [-0.2, -0.15) is 5.10 Å². The van der Waals surface area contributed by atoms with Gasteiger partial charge in [0.2, 0.25) is 0 Å². The maximum Gasteiger partial charge on any atom is 0.0528 e. The van der Waals surface area contributed by atoms with Gasteiger partial charge < -0.3 is 5.73 Å². The zero-order valence-electron chi connectivity index (χ0n) is 11.0. The minimum atomic E-state index is -0.0309. The Labute approximate surface area is 97.8 Å². The number of hydrogen-bond donors (Lipinski definition) is 2. The van der Waals surface area contributed by atoms with Crippen LogP contribution in [0.5, 0.6) is 0 Å². The van der Waals surface area contributed by atoms with E-state index in [4.69, 9.17) is 5.73 Å². The van der Waals surface area contributed by atoms with Crippen LogP contribution in [0.25, 0.3) is 0 Å². The fourth-order valence-electron chi connectivity index (χ4n) is 2.36. The van der Waals surface area contributed by atoms with Gasteiger partial charge in [0.05, 0.1) is 6.20 Å². The lowest BCUT2D eigenvalue weighted by Gasteiger charge is -2.34. The van der Waals surface area contributed by atoms with Crippen LogP contribution in [0, 0.1) is 0 Å². The van der Waals surface area contributed by atoms with Crippen molar-refractivity contribution >= 4 is 0 Å². The van der Waals surface area contributed by atoms with Crippen molar-refractivity contribution in [2.24, 2.45) is 5.73 Å². The first kappa shape index (κ1) is 11.6. The van der Waals surface area contributed by atoms with Gasteiger partial charge in [-0.25, -0.2) is 0 Å². The molecule has 0 radical (unpaired) electrons. The van der Waals surface area contributed by atoms with Gasteiger partial charge in [-0.05, 0) is 12.8 Å². The SMILES string of the molecule is CC(C)(C)c1[nH]ncc1C(C)(C)C1(N)CC1. The average Bonchev–Trinajstić information content (AvgIpc) is 2.71. The van der Waals surface area contributed by atoms with Crippen LogP contribution in [0.1, 0.15) is 58.7 Å². The van der Waals surface area contributed by atoms with Gasteiger partial charge in [0.15, 0.2) is 0 Å². The molecule has 16 heavy (non-hydrogen) atoms. The fourth-order valence-corrected chi connectivity index (χ4v) is 2.36. The van der Waals surface area contributed by atoms with Crippen molar-refractivity contribution in [2.45, 2.75) is 63.8 Å². The number of aromatic amines is 1. The molecule has 0 atom stereocenters. The lowest BCUT2D eigenvalue weighted by Crippen LogP contribution is -2.44. The Morgan fingerprint density at radius 2 is 1.81 bits per heavy atom. The van der Waals surface area contributed by atoms with E-state index in [0.29, 0.717) is 0 Å². The number of nitrogens with one attached hydrogen (secondary N) is 1. The Kier molecular flexibility index (Phi) is 2.26. The van der Waals surface area contributed by atoms with Gasteiger partial charge in [0.25, 0.3) is 0 Å². The molecule has 3 heteroatoms. The van der Waals surface area contributed by atoms with E-state index in [2.05, 4.69) is 44.8 Å². The molecule has 0 unspecified atom stereocenters. The molecule has 1 heterocycles. The van der Waals surface area contributed by atoms with Gasteiger partial charge in [-0.1, -0.05) is 34.6 Å². The van der Waals surface area contributed by atoms with Crippen LogP contribution in [-0.2, 0) is 10.8 Å². The maximum absolute atomic E-state index is 6.39. The summed E-state index contributed by atoms with van der Waals surface area (Å²) in [5.41, 5.74) is 8.94. The summed E-state index contributed by atoms with van der Waals surface area (Å²) in [5, 5.41) is 7.36. The van der Waals surface area contributed by atoms with Crippen LogP contribution < -0.4 is 5.73 Å². The molecule has 2 rings (SSSR count). The molecule has 0 saturated heterocycles. The van der Waals surface area contributed by atoms with Gasteiger partial charge in [0.1, 0.15) is 0 Å². The molecule has 0 amide bonds. The number of rotatable bonds is 2. The molecule has 1 saturated carbocycles. The molecule has 3 nitrogen and oxygen atoms in total. The average molecular weight is 221 g/mol. The Balaban J connectivity index is 2.45. The highest BCUT2D eigenvalue weighted by molar-refractivity contribution is 5.37. The molecular weight excluding hydrogens is 198 g/mol. The number of nitrogens with zero attached hydrogens (tertiary/aromatic N) is 1. The van der Waals surface area contributed by atoms with Gasteiger partial charge in [-0.15, -0.1) is 0 Å². The molecule has 1 aromatic rings. The predicted octanol–water partition coefficient (Wildman–Crippen LogP) is 2.48. The first-order chi connectivity index (χ1) is 7.18. The van der Waals surface area contributed by atoms with Crippen LogP contribution in [0.15, 0.2) is 6.20 Å². The molecule has 0 aliphatic heterocycles. The van der Waals surface area contributed by atoms with Crippen LogP contribution in [0.4, 0.5) is 0 Å². The standard InChI is InChI=1S/C13H23N3/c1-11(2,3)10-9(8-15-16-10)12(4,5)13(14)6-7-13/h8H,6-7,14H2,1-5H3,(H,15,16). The molecule has 1 aliphatic rings. The summed E-state index contributed by atoms with van der Waals surface area (Å²) in [4.78, 5) is 0. The summed E-state index contributed by atoms with van der Waals surface area (Å²) in [7, 11) is 0. The van der Waals surface area contributed by atoms with Gasteiger partial charge in [-0.3, -0.25) is 5.10 Å². The zero-order chi connectivity index (χ0) is 12.2. The molecule has 0 spiro atoms. The summed E-state index contributed by atoms with van der Waals surface area (Å²) in [6, 6.07) is 0. The third-order valence-electron chi connectivity index (χ3n) is 4.10. The lowest BCUT2D eigenvalue weighted by molar-refractivity contribution is 0.381. The summed E-state index contributed by atoms with van der Waals surface area (Å²) >= 11 is 0. The smallest absolute Gasteiger partial charge is 0.0528 e. The fraction of sp³-hybridized carbons (Fsp3) is 0.769. The number of H-pyrrole nitrogens is 1. The Morgan fingerprint density at radius 1 is 1.25 bits per heavy atom. The summed E-state index contributed by atoms with van der Waals surface area (Å²) in [6.45, 7) is 11.1. The summed E-state index contributed by atoms with van der Waals surface area (Å²) in [6.07, 6.45) is 4.19. The van der Waals surface area contributed by atoms with E-state index in [1.807, 2.05) is 6.20 Å². The van der Waals surface area contributed by atoms with E-state index < -0.39 is 0 Å². The molecule has 1 aliphatic carbocycles. The highest BCUT2D eigenvalue weighted by atomic mass is 15.1. The number of aromatic nitrogens is 2. The number of nitrogens with two attached hydrogens (primary N) is 1. The van der Waals surface area contributed by atoms with Crippen LogP contribution in [0.3, 0.4) is 0 Å². The largest absolute Gasteiger partial charge is 0.324 e. The molecule has 1 fully saturated rings. The van der Waals surface area contributed by atoms with Crippen LogP contribution in [-0.4, -0.2) is 15.7 Å². The van der Waals surface area contributed by atoms with Crippen molar-refractivity contribution in [1.29, 1.82) is 0 Å². The van der Waals surface area contributed by atoms with E-state index in [-0.39, 0.29) is 16.4 Å². The molecule has 0 aromatic carbocycles. The normalized spacial score (nSPS) is 19.9. The Morgan fingerprint density at radius 3 is 2.25 bits per heavy atom. The Bertz CT molecular complexity index is 392. The van der Waals surface area contributed by atoms with Crippen molar-refractivity contribution in [3.63, 3.8) is 0 Å². The summed E-state index contributed by atoms with van der Waals surface area (Å²) < 4.78 is 0. The van der Waals surface area contributed by atoms with Crippen molar-refractivity contribution in [1.82, 2.24) is 10.2 Å². The van der Waals surface area contributed by atoms with E-state index in [0.717, 1.165) is 12.8 Å². The second-order valence-electron chi connectivity index (χ2n) is 6.69. The van der Waals surface area contributed by atoms with E-state index >= 15 is 0 Å². The molecular formula is C13H23N3. The first-order valence-electron chi connectivity index (χ1n) is 6.02. The van der Waals surface area contributed by atoms with Crippen LogP contribution in [0.2, 0.25) is 0 Å². The third-order valence-corrected chi connectivity index (χ3v) is 4.10. The van der Waals surface area contributed by atoms with Gasteiger partial charge >= 0.3 is 0 Å². The zero-order valence-corrected chi connectivity index (χ0v) is 11.0. The van der Waals surface area contributed by atoms with Gasteiger partial charge in [0, 0.05) is 27.6 Å². The van der Waals surface area contributed by atoms with E-state index in [9.17, 15) is 0 Å². The third kappa shape index (κ3) is 1.58. The Hall–Kier alpha value is -0.830. The highest BCUT2D eigenvalue weighted by Crippen LogP contribution is 2.50. The topological polar surface area (TPSA) is 54.7 Å². The second-order valence-corrected chi connectivity index (χ2v) is 6.69. The van der Waals surface area contributed by atoms with Crippen molar-refractivity contribution in [3.8, 4) is 0 Å².